The molecule has 4 heteroatoms. The summed E-state index contributed by atoms with van der Waals surface area (Å²) in [4.78, 5) is 12.1. The molecule has 2 heterocycles. The molecule has 2 aromatic rings. The van der Waals surface area contributed by atoms with Gasteiger partial charge in [0.05, 0.1) is 0 Å². The fourth-order valence-corrected chi connectivity index (χ4v) is 5.63. The zero-order valence-electron chi connectivity index (χ0n) is 16.6. The number of aryl methyl sites for hydroxylation is 1. The molecule has 1 aromatic carbocycles. The molecule has 3 rings (SSSR count). The van der Waals surface area contributed by atoms with E-state index in [0.29, 0.717) is 11.5 Å². The van der Waals surface area contributed by atoms with Gasteiger partial charge in [-0.15, -0.1) is 11.8 Å². The number of carbonyl (C=O) groups is 1. The lowest BCUT2D eigenvalue weighted by molar-refractivity contribution is -0.136. The van der Waals surface area contributed by atoms with Crippen LogP contribution in [0.5, 0.6) is 0 Å². The molecule has 0 fully saturated rings. The summed E-state index contributed by atoms with van der Waals surface area (Å²) in [6.07, 6.45) is 1.91. The summed E-state index contributed by atoms with van der Waals surface area (Å²) in [5.41, 5.74) is 3.73. The third-order valence-corrected chi connectivity index (χ3v) is 6.13. The van der Waals surface area contributed by atoms with Gasteiger partial charge in [0, 0.05) is 15.2 Å². The Labute approximate surface area is 165 Å². The van der Waals surface area contributed by atoms with Crippen LogP contribution >= 0.6 is 11.8 Å². The Morgan fingerprint density at radius 3 is 2.63 bits per heavy atom. The first-order chi connectivity index (χ1) is 12.6. The van der Waals surface area contributed by atoms with E-state index >= 15 is 0 Å². The Hall–Kier alpha value is -2.12. The molecule has 1 aromatic heterocycles. The predicted molar refractivity (Wildman–Crippen MR) is 109 cm³/mol. The molecule has 0 aliphatic carbocycles. The van der Waals surface area contributed by atoms with Crippen LogP contribution in [0.4, 0.5) is 0 Å². The molecule has 0 saturated carbocycles. The van der Waals surface area contributed by atoms with Crippen LogP contribution in [-0.4, -0.2) is 15.8 Å². The largest absolute Gasteiger partial charge is 0.481 e. The van der Waals surface area contributed by atoms with Gasteiger partial charge in [0.2, 0.25) is 0 Å². The number of carboxylic acids is 1. The highest BCUT2D eigenvalue weighted by atomic mass is 32.2. The standard InChI is InChI=1S/C23H26O3S/c1-6-15-12-20-19(22(2,3)14-23(4,5)27-20)11-16(15)7-8-17-9-10-18(26-17)13-21(24)25/h9-12H,6,13-14H2,1-5H3,(H,24,25). The van der Waals surface area contributed by atoms with Crippen molar-refractivity contribution in [2.75, 3.05) is 0 Å². The van der Waals surface area contributed by atoms with Gasteiger partial charge in [-0.3, -0.25) is 4.79 Å². The molecule has 0 bridgehead atoms. The number of furan rings is 1. The lowest BCUT2D eigenvalue weighted by Crippen LogP contribution is -2.33. The smallest absolute Gasteiger partial charge is 0.311 e. The maximum absolute atomic E-state index is 10.8. The average Bonchev–Trinajstić information content (AvgIpc) is 2.97. The number of fused-ring (bicyclic) bond motifs is 1. The zero-order valence-corrected chi connectivity index (χ0v) is 17.4. The fraction of sp³-hybridized carbons (Fsp3) is 0.435. The molecule has 0 radical (unpaired) electrons. The highest BCUT2D eigenvalue weighted by Crippen LogP contribution is 2.51. The van der Waals surface area contributed by atoms with Gasteiger partial charge < -0.3 is 9.52 Å². The summed E-state index contributed by atoms with van der Waals surface area (Å²) in [6.45, 7) is 11.4. The molecule has 0 amide bonds. The molecule has 142 valence electrons. The average molecular weight is 383 g/mol. The normalized spacial score (nSPS) is 16.9. The first-order valence-electron chi connectivity index (χ1n) is 9.28. The Morgan fingerprint density at radius 1 is 1.22 bits per heavy atom. The van der Waals surface area contributed by atoms with Gasteiger partial charge in [0.1, 0.15) is 12.2 Å². The van der Waals surface area contributed by atoms with E-state index in [1.165, 1.54) is 16.0 Å². The Balaban J connectivity index is 1.98. The predicted octanol–water partition coefficient (Wildman–Crippen LogP) is 5.42. The molecule has 27 heavy (non-hydrogen) atoms. The second kappa shape index (κ2) is 7.13. The lowest BCUT2D eigenvalue weighted by atomic mass is 9.76. The summed E-state index contributed by atoms with van der Waals surface area (Å²) in [5, 5.41) is 8.85. The van der Waals surface area contributed by atoms with Gasteiger partial charge in [-0.1, -0.05) is 40.5 Å². The lowest BCUT2D eigenvalue weighted by Gasteiger charge is -2.42. The molecule has 1 N–H and O–H groups in total. The van der Waals surface area contributed by atoms with Gasteiger partial charge in [-0.05, 0) is 59.6 Å². The third-order valence-electron chi connectivity index (χ3n) is 4.88. The minimum Gasteiger partial charge on any atom is -0.481 e. The van der Waals surface area contributed by atoms with E-state index in [4.69, 9.17) is 9.52 Å². The number of aliphatic carboxylic acids is 1. The Kier molecular flexibility index (Phi) is 5.18. The van der Waals surface area contributed by atoms with Gasteiger partial charge in [-0.25, -0.2) is 0 Å². The van der Waals surface area contributed by atoms with Crippen LogP contribution in [0.25, 0.3) is 0 Å². The van der Waals surface area contributed by atoms with Crippen LogP contribution in [0.2, 0.25) is 0 Å². The molecule has 3 nitrogen and oxygen atoms in total. The van der Waals surface area contributed by atoms with E-state index in [1.807, 2.05) is 11.8 Å². The molecule has 0 unspecified atom stereocenters. The van der Waals surface area contributed by atoms with Crippen LogP contribution in [-0.2, 0) is 23.1 Å². The van der Waals surface area contributed by atoms with Crippen molar-refractivity contribution in [3.05, 3.63) is 52.5 Å². The number of thioether (sulfide) groups is 1. The van der Waals surface area contributed by atoms with Crippen LogP contribution < -0.4 is 0 Å². The molecule has 1 aliphatic heterocycles. The number of hydrogen-bond acceptors (Lipinski definition) is 3. The van der Waals surface area contributed by atoms with E-state index in [9.17, 15) is 4.79 Å². The molecule has 1 aliphatic rings. The molecule has 0 saturated heterocycles. The van der Waals surface area contributed by atoms with E-state index in [-0.39, 0.29) is 16.6 Å². The molecular weight excluding hydrogens is 356 g/mol. The van der Waals surface area contributed by atoms with Crippen LogP contribution in [0.1, 0.15) is 69.3 Å². The van der Waals surface area contributed by atoms with Crippen molar-refractivity contribution in [2.24, 2.45) is 0 Å². The monoisotopic (exact) mass is 382 g/mol. The van der Waals surface area contributed by atoms with Crippen molar-refractivity contribution in [1.82, 2.24) is 0 Å². The van der Waals surface area contributed by atoms with Crippen LogP contribution in [0.15, 0.2) is 33.6 Å². The van der Waals surface area contributed by atoms with E-state index in [2.05, 4.69) is 58.6 Å². The summed E-state index contributed by atoms with van der Waals surface area (Å²) < 4.78 is 5.74. The van der Waals surface area contributed by atoms with Gasteiger partial charge in [-0.2, -0.15) is 0 Å². The molecule has 0 atom stereocenters. The fourth-order valence-electron chi connectivity index (χ4n) is 3.96. The van der Waals surface area contributed by atoms with Crippen molar-refractivity contribution in [3.8, 4) is 11.8 Å². The topological polar surface area (TPSA) is 50.4 Å². The van der Waals surface area contributed by atoms with Crippen molar-refractivity contribution in [1.29, 1.82) is 0 Å². The maximum atomic E-state index is 10.8. The quantitative estimate of drug-likeness (QED) is 0.720. The number of hydrogen-bond donors (Lipinski definition) is 1. The second-order valence-corrected chi connectivity index (χ2v) is 10.1. The van der Waals surface area contributed by atoms with Crippen molar-refractivity contribution in [3.63, 3.8) is 0 Å². The number of carboxylic acid groups (broad SMARTS) is 1. The van der Waals surface area contributed by atoms with Crippen molar-refractivity contribution < 1.29 is 14.3 Å². The number of rotatable bonds is 3. The second-order valence-electron chi connectivity index (χ2n) is 8.37. The Bertz CT molecular complexity index is 938. The minimum atomic E-state index is -0.908. The summed E-state index contributed by atoms with van der Waals surface area (Å²) in [7, 11) is 0. The maximum Gasteiger partial charge on any atom is 0.311 e. The molecular formula is C23H26O3S. The zero-order chi connectivity index (χ0) is 19.8. The van der Waals surface area contributed by atoms with E-state index in [0.717, 1.165) is 18.4 Å². The van der Waals surface area contributed by atoms with Crippen molar-refractivity contribution in [2.45, 2.75) is 68.9 Å². The van der Waals surface area contributed by atoms with Gasteiger partial charge in [0.25, 0.3) is 0 Å². The highest BCUT2D eigenvalue weighted by molar-refractivity contribution is 8.00. The van der Waals surface area contributed by atoms with Crippen LogP contribution in [0, 0.1) is 11.8 Å². The van der Waals surface area contributed by atoms with Crippen molar-refractivity contribution >= 4 is 17.7 Å². The SMILES string of the molecule is CCc1cc2c(cc1C#Cc1ccc(CC(=O)O)o1)C(C)(C)CC(C)(C)S2. The number of benzene rings is 1. The van der Waals surface area contributed by atoms with E-state index in [1.54, 1.807) is 12.1 Å². The first kappa shape index (κ1) is 19.6. The van der Waals surface area contributed by atoms with Gasteiger partial charge >= 0.3 is 5.97 Å². The first-order valence-corrected chi connectivity index (χ1v) is 10.1. The third kappa shape index (κ3) is 4.42. The molecule has 0 spiro atoms. The summed E-state index contributed by atoms with van der Waals surface area (Å²) >= 11 is 1.96. The minimum absolute atomic E-state index is 0.103. The summed E-state index contributed by atoms with van der Waals surface area (Å²) in [6, 6.07) is 7.94. The summed E-state index contributed by atoms with van der Waals surface area (Å²) in [5.74, 6) is 6.34. The highest BCUT2D eigenvalue weighted by Gasteiger charge is 2.38. The van der Waals surface area contributed by atoms with Crippen LogP contribution in [0.3, 0.4) is 0 Å². The van der Waals surface area contributed by atoms with Gasteiger partial charge in [0.15, 0.2) is 5.76 Å². The Morgan fingerprint density at radius 2 is 1.96 bits per heavy atom. The van der Waals surface area contributed by atoms with E-state index < -0.39 is 5.97 Å².